The lowest BCUT2D eigenvalue weighted by Crippen LogP contribution is -2.23. The molecule has 172 valence electrons. The predicted octanol–water partition coefficient (Wildman–Crippen LogP) is 4.05. The number of nitrogens with zero attached hydrogens (tertiary/aromatic N) is 5. The molecule has 3 aromatic heterocycles. The topological polar surface area (TPSA) is 89.7 Å². The number of aromatic nitrogens is 5. The molecule has 0 unspecified atom stereocenters. The van der Waals surface area contributed by atoms with E-state index in [1.165, 1.54) is 11.1 Å². The zero-order valence-corrected chi connectivity index (χ0v) is 20.5. The van der Waals surface area contributed by atoms with Crippen LogP contribution in [0.25, 0.3) is 16.2 Å². The summed E-state index contributed by atoms with van der Waals surface area (Å²) in [6, 6.07) is 6.35. The van der Waals surface area contributed by atoms with Gasteiger partial charge in [-0.05, 0) is 50.1 Å². The van der Waals surface area contributed by atoms with Crippen molar-refractivity contribution in [1.29, 1.82) is 0 Å². The van der Waals surface area contributed by atoms with E-state index in [2.05, 4.69) is 61.5 Å². The van der Waals surface area contributed by atoms with E-state index in [1.54, 1.807) is 22.2 Å². The minimum atomic E-state index is -0.107. The fourth-order valence-corrected chi connectivity index (χ4v) is 5.56. The van der Waals surface area contributed by atoms with E-state index in [4.69, 9.17) is 9.97 Å². The van der Waals surface area contributed by atoms with Gasteiger partial charge in [-0.25, -0.2) is 19.3 Å². The van der Waals surface area contributed by atoms with Crippen LogP contribution in [0.3, 0.4) is 0 Å². The van der Waals surface area contributed by atoms with Crippen LogP contribution in [0.1, 0.15) is 49.4 Å². The molecule has 1 aliphatic heterocycles. The first-order chi connectivity index (χ1) is 15.8. The number of thiazole rings is 1. The molecule has 33 heavy (non-hydrogen) atoms. The van der Waals surface area contributed by atoms with Crippen molar-refractivity contribution < 1.29 is 0 Å². The van der Waals surface area contributed by atoms with Crippen molar-refractivity contribution in [3.8, 4) is 5.13 Å². The van der Waals surface area contributed by atoms with Crippen LogP contribution in [0.15, 0.2) is 29.2 Å². The Balaban J connectivity index is 1.60. The lowest BCUT2D eigenvalue weighted by molar-refractivity contribution is 0.552. The largest absolute Gasteiger partial charge is 0.324 e. The van der Waals surface area contributed by atoms with Gasteiger partial charge in [0.15, 0.2) is 5.65 Å². The van der Waals surface area contributed by atoms with E-state index in [1.807, 2.05) is 11.6 Å². The van der Waals surface area contributed by atoms with Crippen LogP contribution in [0, 0.1) is 6.92 Å². The number of benzene rings is 1. The average Bonchev–Trinajstić information content (AvgIpc) is 3.30. The number of rotatable bonds is 4. The third-order valence-electron chi connectivity index (χ3n) is 6.00. The van der Waals surface area contributed by atoms with E-state index in [9.17, 15) is 4.79 Å². The van der Waals surface area contributed by atoms with Gasteiger partial charge >= 0.3 is 0 Å². The molecular weight excluding hydrogens is 434 g/mol. The second-order valence-corrected chi connectivity index (χ2v) is 10.6. The van der Waals surface area contributed by atoms with Gasteiger partial charge < -0.3 is 10.6 Å². The fourth-order valence-electron chi connectivity index (χ4n) is 4.42. The molecule has 2 N–H and O–H groups in total. The predicted molar refractivity (Wildman–Crippen MR) is 133 cm³/mol. The Morgan fingerprint density at radius 2 is 2.03 bits per heavy atom. The van der Waals surface area contributed by atoms with Gasteiger partial charge in [-0.2, -0.15) is 4.98 Å². The lowest BCUT2D eigenvalue weighted by atomic mass is 9.92. The molecule has 4 heterocycles. The Morgan fingerprint density at radius 3 is 2.76 bits per heavy atom. The second-order valence-electron chi connectivity index (χ2n) is 9.45. The standard InChI is InChI=1S/C24H29N7OS/c1-6-30-21(32)18-13-26-22(27-17-8-7-15-9-10-25-12-16(15)11-17)29-20(18)31(30)23-28-19(14(2)33-23)24(3,4)5/h7-8,11,13,25H,6,9-10,12H2,1-5H3,(H,26,27,29). The minimum Gasteiger partial charge on any atom is -0.324 e. The number of hydrogen-bond donors (Lipinski definition) is 2. The lowest BCUT2D eigenvalue weighted by Gasteiger charge is -2.18. The third kappa shape index (κ3) is 3.85. The Morgan fingerprint density at radius 1 is 1.21 bits per heavy atom. The first kappa shape index (κ1) is 21.8. The van der Waals surface area contributed by atoms with Crippen molar-refractivity contribution in [2.45, 2.75) is 59.5 Å². The molecule has 0 saturated heterocycles. The minimum absolute atomic E-state index is 0.0812. The Bertz CT molecular complexity index is 1410. The zero-order valence-electron chi connectivity index (χ0n) is 19.7. The summed E-state index contributed by atoms with van der Waals surface area (Å²) in [6.45, 7) is 12.9. The van der Waals surface area contributed by atoms with E-state index in [0.29, 0.717) is 23.5 Å². The van der Waals surface area contributed by atoms with Crippen molar-refractivity contribution in [3.05, 3.63) is 56.4 Å². The van der Waals surface area contributed by atoms with Gasteiger partial charge in [0.05, 0.1) is 5.69 Å². The van der Waals surface area contributed by atoms with Gasteiger partial charge in [0.1, 0.15) is 5.39 Å². The first-order valence-corrected chi connectivity index (χ1v) is 12.1. The molecule has 0 saturated carbocycles. The van der Waals surface area contributed by atoms with Crippen LogP contribution in [-0.2, 0) is 24.9 Å². The molecule has 0 fully saturated rings. The Kier molecular flexibility index (Phi) is 5.33. The summed E-state index contributed by atoms with van der Waals surface area (Å²) in [5, 5.41) is 7.96. The molecule has 5 rings (SSSR count). The molecule has 0 radical (unpaired) electrons. The molecule has 1 aromatic carbocycles. The van der Waals surface area contributed by atoms with Gasteiger partial charge in [0.25, 0.3) is 5.56 Å². The molecule has 1 aliphatic rings. The van der Waals surface area contributed by atoms with E-state index in [-0.39, 0.29) is 11.0 Å². The zero-order chi connectivity index (χ0) is 23.3. The van der Waals surface area contributed by atoms with Crippen molar-refractivity contribution in [3.63, 3.8) is 0 Å². The summed E-state index contributed by atoms with van der Waals surface area (Å²) >= 11 is 1.58. The quantitative estimate of drug-likeness (QED) is 0.475. The van der Waals surface area contributed by atoms with E-state index >= 15 is 0 Å². The number of aryl methyl sites for hydroxylation is 1. The van der Waals surface area contributed by atoms with Crippen LogP contribution in [0.4, 0.5) is 11.6 Å². The highest BCUT2D eigenvalue weighted by Gasteiger charge is 2.25. The summed E-state index contributed by atoms with van der Waals surface area (Å²) in [4.78, 5) is 28.3. The highest BCUT2D eigenvalue weighted by Crippen LogP contribution is 2.31. The average molecular weight is 464 g/mol. The van der Waals surface area contributed by atoms with Gasteiger partial charge in [-0.15, -0.1) is 0 Å². The second kappa shape index (κ2) is 8.07. The van der Waals surface area contributed by atoms with Gasteiger partial charge in [0.2, 0.25) is 11.1 Å². The maximum atomic E-state index is 13.1. The van der Waals surface area contributed by atoms with E-state index in [0.717, 1.165) is 40.9 Å². The highest BCUT2D eigenvalue weighted by molar-refractivity contribution is 7.14. The highest BCUT2D eigenvalue weighted by atomic mass is 32.1. The number of fused-ring (bicyclic) bond motifs is 2. The molecule has 9 heteroatoms. The molecule has 0 spiro atoms. The van der Waals surface area contributed by atoms with Crippen molar-refractivity contribution >= 4 is 34.0 Å². The molecular formula is C24H29N7OS. The van der Waals surface area contributed by atoms with Crippen molar-refractivity contribution in [1.82, 2.24) is 29.6 Å². The van der Waals surface area contributed by atoms with Gasteiger partial charge in [-0.1, -0.05) is 38.2 Å². The summed E-state index contributed by atoms with van der Waals surface area (Å²) in [5.74, 6) is 0.456. The van der Waals surface area contributed by atoms with Crippen LogP contribution in [0.2, 0.25) is 0 Å². The van der Waals surface area contributed by atoms with Crippen LogP contribution < -0.4 is 16.2 Å². The maximum absolute atomic E-state index is 13.1. The monoisotopic (exact) mass is 463 g/mol. The molecule has 4 aromatic rings. The molecule has 0 aliphatic carbocycles. The number of anilines is 2. The van der Waals surface area contributed by atoms with Gasteiger partial charge in [0, 0.05) is 35.3 Å². The fraction of sp³-hybridized carbons (Fsp3) is 0.417. The summed E-state index contributed by atoms with van der Waals surface area (Å²) in [7, 11) is 0. The molecule has 8 nitrogen and oxygen atoms in total. The van der Waals surface area contributed by atoms with Gasteiger partial charge in [-0.3, -0.25) is 4.79 Å². The first-order valence-electron chi connectivity index (χ1n) is 11.3. The number of hydrogen-bond acceptors (Lipinski definition) is 7. The Hall–Kier alpha value is -3.04. The molecule has 0 bridgehead atoms. The summed E-state index contributed by atoms with van der Waals surface area (Å²) < 4.78 is 3.52. The van der Waals surface area contributed by atoms with Crippen LogP contribution in [-0.4, -0.2) is 30.9 Å². The normalized spacial score (nSPS) is 14.0. The third-order valence-corrected chi connectivity index (χ3v) is 6.95. The van der Waals surface area contributed by atoms with Crippen LogP contribution in [0.5, 0.6) is 0 Å². The maximum Gasteiger partial charge on any atom is 0.278 e. The number of nitrogens with one attached hydrogen (secondary N) is 2. The summed E-state index contributed by atoms with van der Waals surface area (Å²) in [5.41, 5.74) is 5.00. The van der Waals surface area contributed by atoms with E-state index < -0.39 is 0 Å². The smallest absolute Gasteiger partial charge is 0.278 e. The van der Waals surface area contributed by atoms with Crippen molar-refractivity contribution in [2.24, 2.45) is 0 Å². The SMILES string of the molecule is CCn1c(=O)c2cnc(Nc3ccc4c(c3)CNCC4)nc2n1-c1nc(C(C)(C)C)c(C)s1. The van der Waals surface area contributed by atoms with Crippen molar-refractivity contribution in [2.75, 3.05) is 11.9 Å². The Labute approximate surface area is 196 Å². The molecule has 0 atom stereocenters. The van der Waals surface area contributed by atoms with Crippen LogP contribution >= 0.6 is 11.3 Å². The summed E-state index contributed by atoms with van der Waals surface area (Å²) in [6.07, 6.45) is 2.65. The molecule has 0 amide bonds.